The molecule has 106 valence electrons. The lowest BCUT2D eigenvalue weighted by Gasteiger charge is -2.11. The molecule has 5 heteroatoms. The summed E-state index contributed by atoms with van der Waals surface area (Å²) in [5, 5.41) is 9.10. The summed E-state index contributed by atoms with van der Waals surface area (Å²) in [6, 6.07) is 7.65. The Labute approximate surface area is 118 Å². The maximum absolute atomic E-state index is 9.10. The monoisotopic (exact) mass is 274 g/mol. The van der Waals surface area contributed by atoms with Crippen LogP contribution >= 0.6 is 0 Å². The minimum absolute atomic E-state index is 0.0810. The summed E-state index contributed by atoms with van der Waals surface area (Å²) >= 11 is 0. The van der Waals surface area contributed by atoms with Gasteiger partial charge in [0.05, 0.1) is 18.9 Å². The van der Waals surface area contributed by atoms with Crippen LogP contribution in [0, 0.1) is 6.92 Å². The smallest absolute Gasteiger partial charge is 0.322 e. The zero-order valence-electron chi connectivity index (χ0n) is 11.7. The van der Waals surface area contributed by atoms with Crippen molar-refractivity contribution in [3.05, 3.63) is 41.7 Å². The maximum Gasteiger partial charge on any atom is 0.322 e. The van der Waals surface area contributed by atoms with Gasteiger partial charge < -0.3 is 14.6 Å². The van der Waals surface area contributed by atoms with E-state index in [0.29, 0.717) is 29.4 Å². The number of ether oxygens (including phenoxy) is 2. The molecule has 20 heavy (non-hydrogen) atoms. The molecule has 2 rings (SSSR count). The van der Waals surface area contributed by atoms with Crippen LogP contribution in [0.2, 0.25) is 0 Å². The fourth-order valence-electron chi connectivity index (χ4n) is 1.64. The molecule has 0 aliphatic heterocycles. The van der Waals surface area contributed by atoms with Crippen LogP contribution in [0.1, 0.15) is 24.6 Å². The molecule has 0 saturated heterocycles. The number of aliphatic hydroxyl groups is 1. The van der Waals surface area contributed by atoms with Gasteiger partial charge in [-0.2, -0.15) is 4.98 Å². The van der Waals surface area contributed by atoms with Gasteiger partial charge >= 0.3 is 6.01 Å². The molecule has 1 aromatic carbocycles. The third-order valence-electron chi connectivity index (χ3n) is 2.74. The third kappa shape index (κ3) is 3.45. The zero-order chi connectivity index (χ0) is 14.4. The van der Waals surface area contributed by atoms with E-state index < -0.39 is 0 Å². The Hall–Kier alpha value is -2.14. The number of aryl methyl sites for hydroxylation is 1. The molecule has 0 spiro atoms. The molecule has 0 aliphatic carbocycles. The topological polar surface area (TPSA) is 64.5 Å². The van der Waals surface area contributed by atoms with E-state index in [0.717, 1.165) is 6.42 Å². The number of rotatable bonds is 6. The summed E-state index contributed by atoms with van der Waals surface area (Å²) in [7, 11) is 0. The molecule has 0 radical (unpaired) electrons. The number of benzene rings is 1. The van der Waals surface area contributed by atoms with Crippen LogP contribution in [-0.2, 0) is 6.61 Å². The lowest BCUT2D eigenvalue weighted by atomic mass is 10.3. The first-order valence-corrected chi connectivity index (χ1v) is 6.57. The molecule has 2 aromatic rings. The summed E-state index contributed by atoms with van der Waals surface area (Å²) in [4.78, 5) is 8.29. The van der Waals surface area contributed by atoms with E-state index in [1.165, 1.54) is 0 Å². The van der Waals surface area contributed by atoms with Crippen LogP contribution < -0.4 is 9.47 Å². The SMILES string of the molecule is CCCOc1ccccc1Oc1ncc(CO)c(C)n1. The molecule has 0 fully saturated rings. The summed E-state index contributed by atoms with van der Waals surface area (Å²) in [6.07, 6.45) is 2.49. The number of para-hydroxylation sites is 2. The van der Waals surface area contributed by atoms with Crippen molar-refractivity contribution in [3.63, 3.8) is 0 Å². The second-order valence-corrected chi connectivity index (χ2v) is 4.32. The predicted molar refractivity (Wildman–Crippen MR) is 75.0 cm³/mol. The van der Waals surface area contributed by atoms with E-state index >= 15 is 0 Å². The van der Waals surface area contributed by atoms with Crippen molar-refractivity contribution >= 4 is 0 Å². The number of hydrogen-bond donors (Lipinski definition) is 1. The van der Waals surface area contributed by atoms with E-state index in [1.807, 2.05) is 31.2 Å². The fraction of sp³-hybridized carbons (Fsp3) is 0.333. The molecule has 0 atom stereocenters. The van der Waals surface area contributed by atoms with Crippen LogP contribution in [0.15, 0.2) is 30.5 Å². The predicted octanol–water partition coefficient (Wildman–Crippen LogP) is 2.86. The van der Waals surface area contributed by atoms with Gasteiger partial charge in [0.1, 0.15) is 0 Å². The van der Waals surface area contributed by atoms with Crippen molar-refractivity contribution in [3.8, 4) is 17.5 Å². The van der Waals surface area contributed by atoms with Crippen LogP contribution in [0.25, 0.3) is 0 Å². The molecule has 0 aliphatic rings. The average molecular weight is 274 g/mol. The van der Waals surface area contributed by atoms with Crippen LogP contribution in [0.3, 0.4) is 0 Å². The Morgan fingerprint density at radius 2 is 1.95 bits per heavy atom. The highest BCUT2D eigenvalue weighted by molar-refractivity contribution is 5.41. The molecule has 0 saturated carbocycles. The lowest BCUT2D eigenvalue weighted by Crippen LogP contribution is -2.01. The average Bonchev–Trinajstić information content (AvgIpc) is 2.46. The first-order chi connectivity index (χ1) is 9.74. The van der Waals surface area contributed by atoms with Gasteiger partial charge in [0.15, 0.2) is 11.5 Å². The Morgan fingerprint density at radius 1 is 1.20 bits per heavy atom. The number of hydrogen-bond acceptors (Lipinski definition) is 5. The molecule has 0 bridgehead atoms. The van der Waals surface area contributed by atoms with Gasteiger partial charge in [-0.15, -0.1) is 0 Å². The number of aromatic nitrogens is 2. The first-order valence-electron chi connectivity index (χ1n) is 6.57. The van der Waals surface area contributed by atoms with Gasteiger partial charge in [0, 0.05) is 11.8 Å². The molecule has 1 heterocycles. The molecular formula is C15H18N2O3. The van der Waals surface area contributed by atoms with Crippen molar-refractivity contribution in [1.82, 2.24) is 9.97 Å². The van der Waals surface area contributed by atoms with Crippen LogP contribution in [-0.4, -0.2) is 21.7 Å². The largest absolute Gasteiger partial charge is 0.490 e. The van der Waals surface area contributed by atoms with E-state index in [4.69, 9.17) is 14.6 Å². The lowest BCUT2D eigenvalue weighted by molar-refractivity contribution is 0.278. The fourth-order valence-corrected chi connectivity index (χ4v) is 1.64. The molecule has 0 amide bonds. The summed E-state index contributed by atoms with van der Waals surface area (Å²) < 4.78 is 11.3. The van der Waals surface area contributed by atoms with Crippen LogP contribution in [0.5, 0.6) is 17.5 Å². The van der Waals surface area contributed by atoms with Gasteiger partial charge in [-0.25, -0.2) is 4.98 Å². The van der Waals surface area contributed by atoms with Gasteiger partial charge in [0.2, 0.25) is 0 Å². The van der Waals surface area contributed by atoms with Crippen molar-refractivity contribution in [2.24, 2.45) is 0 Å². The van der Waals surface area contributed by atoms with Crippen molar-refractivity contribution in [2.45, 2.75) is 26.9 Å². The van der Waals surface area contributed by atoms with Crippen molar-refractivity contribution in [2.75, 3.05) is 6.61 Å². The highest BCUT2D eigenvalue weighted by atomic mass is 16.5. The van der Waals surface area contributed by atoms with Gasteiger partial charge in [-0.05, 0) is 25.5 Å². The zero-order valence-corrected chi connectivity index (χ0v) is 11.7. The third-order valence-corrected chi connectivity index (χ3v) is 2.74. The summed E-state index contributed by atoms with van der Waals surface area (Å²) in [6.45, 7) is 4.40. The first kappa shape index (κ1) is 14.3. The second kappa shape index (κ2) is 6.86. The number of nitrogens with zero attached hydrogens (tertiary/aromatic N) is 2. The van der Waals surface area contributed by atoms with E-state index in [1.54, 1.807) is 13.1 Å². The maximum atomic E-state index is 9.10. The highest BCUT2D eigenvalue weighted by Crippen LogP contribution is 2.29. The van der Waals surface area contributed by atoms with Crippen molar-refractivity contribution < 1.29 is 14.6 Å². The molecular weight excluding hydrogens is 256 g/mol. The molecule has 0 unspecified atom stereocenters. The number of aliphatic hydroxyl groups excluding tert-OH is 1. The molecule has 1 aromatic heterocycles. The van der Waals surface area contributed by atoms with E-state index in [2.05, 4.69) is 9.97 Å². The Morgan fingerprint density at radius 3 is 2.60 bits per heavy atom. The standard InChI is InChI=1S/C15H18N2O3/c1-3-8-19-13-6-4-5-7-14(13)20-15-16-9-12(10-18)11(2)17-15/h4-7,9,18H,3,8,10H2,1-2H3. The normalized spacial score (nSPS) is 10.3. The van der Waals surface area contributed by atoms with Crippen LogP contribution in [0.4, 0.5) is 0 Å². The Kier molecular flexibility index (Phi) is 4.90. The minimum Gasteiger partial charge on any atom is -0.490 e. The Balaban J connectivity index is 2.19. The quantitative estimate of drug-likeness (QED) is 0.877. The highest BCUT2D eigenvalue weighted by Gasteiger charge is 2.09. The van der Waals surface area contributed by atoms with E-state index in [9.17, 15) is 0 Å². The molecule has 1 N–H and O–H groups in total. The summed E-state index contributed by atoms with van der Waals surface area (Å²) in [5.41, 5.74) is 1.39. The second-order valence-electron chi connectivity index (χ2n) is 4.32. The summed E-state index contributed by atoms with van der Waals surface area (Å²) in [5.74, 6) is 1.25. The molecule has 5 nitrogen and oxygen atoms in total. The van der Waals surface area contributed by atoms with Crippen molar-refractivity contribution in [1.29, 1.82) is 0 Å². The van der Waals surface area contributed by atoms with Gasteiger partial charge in [-0.1, -0.05) is 19.1 Å². The Bertz CT molecular complexity index is 573. The minimum atomic E-state index is -0.0810. The van der Waals surface area contributed by atoms with E-state index in [-0.39, 0.29) is 12.6 Å². The van der Waals surface area contributed by atoms with Gasteiger partial charge in [0.25, 0.3) is 0 Å². The van der Waals surface area contributed by atoms with Gasteiger partial charge in [-0.3, -0.25) is 0 Å².